The number of aromatic nitrogens is 6. The average molecular weight is 400 g/mol. The van der Waals surface area contributed by atoms with Crippen molar-refractivity contribution in [2.45, 2.75) is 26.4 Å². The fourth-order valence-corrected chi connectivity index (χ4v) is 3.78. The predicted octanol–water partition coefficient (Wildman–Crippen LogP) is 3.67. The van der Waals surface area contributed by atoms with Crippen molar-refractivity contribution in [1.29, 1.82) is 0 Å². The van der Waals surface area contributed by atoms with Gasteiger partial charge in [-0.1, -0.05) is 12.1 Å². The van der Waals surface area contributed by atoms with Crippen LogP contribution in [-0.2, 0) is 13.6 Å². The topological polar surface area (TPSA) is 73.5 Å². The maximum atomic E-state index is 4.81. The van der Waals surface area contributed by atoms with Crippen LogP contribution in [0.1, 0.15) is 25.7 Å². The lowest BCUT2D eigenvalue weighted by atomic mass is 10.3. The van der Waals surface area contributed by atoms with Crippen LogP contribution in [0.15, 0.2) is 35.2 Å². The zero-order valence-electron chi connectivity index (χ0n) is 14.2. The molecule has 0 saturated carbocycles. The maximum absolute atomic E-state index is 4.81. The van der Waals surface area contributed by atoms with E-state index in [1.807, 2.05) is 25.2 Å². The molecule has 0 fully saturated rings. The van der Waals surface area contributed by atoms with Gasteiger partial charge >= 0.3 is 0 Å². The second-order valence-electron chi connectivity index (χ2n) is 5.90. The summed E-state index contributed by atoms with van der Waals surface area (Å²) in [6.45, 7) is 5.08. The summed E-state index contributed by atoms with van der Waals surface area (Å²) in [5.74, 6) is 1.72. The number of nitrogens with one attached hydrogen (secondary N) is 1. The predicted molar refractivity (Wildman–Crippen MR) is 101 cm³/mol. The zero-order valence-corrected chi connectivity index (χ0v) is 15.8. The Labute approximate surface area is 153 Å². The van der Waals surface area contributed by atoms with Crippen molar-refractivity contribution in [3.8, 4) is 0 Å². The van der Waals surface area contributed by atoms with E-state index in [9.17, 15) is 0 Å². The molecule has 0 bridgehead atoms. The van der Waals surface area contributed by atoms with Crippen LogP contribution in [-0.4, -0.2) is 29.3 Å². The van der Waals surface area contributed by atoms with E-state index >= 15 is 0 Å². The standard InChI is InChI=1S/C17H18BrN7/c1-4-25-12-8-6-5-7-11(12)22-16(25)10(2)21-15-13-14(18)23-24(3)17(13)20-9-19-15/h5-10H,4H2,1-3H3,(H,19,20,21)/t10-/m1/s1. The minimum Gasteiger partial charge on any atom is -0.360 e. The number of rotatable bonds is 4. The summed E-state index contributed by atoms with van der Waals surface area (Å²) >= 11 is 3.50. The van der Waals surface area contributed by atoms with Crippen LogP contribution < -0.4 is 5.32 Å². The summed E-state index contributed by atoms with van der Waals surface area (Å²) in [6.07, 6.45) is 1.55. The maximum Gasteiger partial charge on any atom is 0.164 e. The Balaban J connectivity index is 1.77. The molecule has 1 aromatic carbocycles. The third kappa shape index (κ3) is 2.57. The number of halogens is 1. The van der Waals surface area contributed by atoms with Crippen LogP contribution in [0.3, 0.4) is 0 Å². The lowest BCUT2D eigenvalue weighted by Gasteiger charge is -2.16. The Kier molecular flexibility index (Phi) is 3.91. The van der Waals surface area contributed by atoms with Crippen molar-refractivity contribution in [2.24, 2.45) is 7.05 Å². The quantitative estimate of drug-likeness (QED) is 0.566. The Morgan fingerprint density at radius 2 is 2.04 bits per heavy atom. The number of benzene rings is 1. The normalized spacial score (nSPS) is 12.8. The van der Waals surface area contributed by atoms with Gasteiger partial charge in [-0.25, -0.2) is 19.6 Å². The molecule has 0 aliphatic heterocycles. The van der Waals surface area contributed by atoms with Gasteiger partial charge in [0.05, 0.1) is 22.5 Å². The summed E-state index contributed by atoms with van der Waals surface area (Å²) in [6, 6.07) is 8.18. The minimum atomic E-state index is -0.0162. The van der Waals surface area contributed by atoms with Crippen LogP contribution >= 0.6 is 15.9 Å². The van der Waals surface area contributed by atoms with Crippen LogP contribution in [0, 0.1) is 0 Å². The van der Waals surface area contributed by atoms with E-state index in [1.165, 1.54) is 0 Å². The van der Waals surface area contributed by atoms with Gasteiger partial charge in [0, 0.05) is 13.6 Å². The van der Waals surface area contributed by atoms with Crippen molar-refractivity contribution in [3.05, 3.63) is 41.0 Å². The second-order valence-corrected chi connectivity index (χ2v) is 6.66. The monoisotopic (exact) mass is 399 g/mol. The fraction of sp³-hybridized carbons (Fsp3) is 0.294. The number of hydrogen-bond acceptors (Lipinski definition) is 5. The van der Waals surface area contributed by atoms with E-state index < -0.39 is 0 Å². The number of aryl methyl sites for hydroxylation is 2. The van der Waals surface area contributed by atoms with Crippen LogP contribution in [0.25, 0.3) is 22.1 Å². The van der Waals surface area contributed by atoms with Crippen molar-refractivity contribution in [2.75, 3.05) is 5.32 Å². The average Bonchev–Trinajstić information content (AvgIpc) is 3.13. The molecular formula is C17H18BrN7. The highest BCUT2D eigenvalue weighted by Gasteiger charge is 2.19. The molecule has 3 aromatic heterocycles. The van der Waals surface area contributed by atoms with E-state index in [4.69, 9.17) is 4.98 Å². The molecule has 0 saturated heterocycles. The number of hydrogen-bond donors (Lipinski definition) is 1. The SMILES string of the molecule is CCn1c([C@@H](C)Nc2ncnc3c2c(Br)nn3C)nc2ccccc21. The van der Waals surface area contributed by atoms with Crippen molar-refractivity contribution >= 4 is 43.8 Å². The fourth-order valence-electron chi connectivity index (χ4n) is 3.18. The molecule has 0 unspecified atom stereocenters. The summed E-state index contributed by atoms with van der Waals surface area (Å²) in [5, 5.41) is 8.71. The zero-order chi connectivity index (χ0) is 17.6. The first kappa shape index (κ1) is 16.0. The van der Waals surface area contributed by atoms with Gasteiger partial charge < -0.3 is 9.88 Å². The molecule has 4 rings (SSSR count). The Hall–Kier alpha value is -2.48. The number of anilines is 1. The smallest absolute Gasteiger partial charge is 0.164 e. The molecule has 0 aliphatic carbocycles. The molecule has 0 amide bonds. The van der Waals surface area contributed by atoms with Crippen molar-refractivity contribution < 1.29 is 0 Å². The first-order valence-electron chi connectivity index (χ1n) is 8.15. The summed E-state index contributed by atoms with van der Waals surface area (Å²) < 4.78 is 4.69. The molecule has 0 radical (unpaired) electrons. The van der Waals surface area contributed by atoms with E-state index in [0.29, 0.717) is 0 Å². The van der Waals surface area contributed by atoms with Gasteiger partial charge in [0.25, 0.3) is 0 Å². The van der Waals surface area contributed by atoms with Crippen LogP contribution in [0.2, 0.25) is 0 Å². The van der Waals surface area contributed by atoms with Gasteiger partial charge in [-0.3, -0.25) is 0 Å². The van der Waals surface area contributed by atoms with Gasteiger partial charge in [0.2, 0.25) is 0 Å². The largest absolute Gasteiger partial charge is 0.360 e. The first-order chi connectivity index (χ1) is 12.1. The summed E-state index contributed by atoms with van der Waals surface area (Å²) in [7, 11) is 1.86. The van der Waals surface area contributed by atoms with Crippen LogP contribution in [0.5, 0.6) is 0 Å². The van der Waals surface area contributed by atoms with E-state index in [-0.39, 0.29) is 6.04 Å². The Morgan fingerprint density at radius 3 is 2.84 bits per heavy atom. The molecule has 25 heavy (non-hydrogen) atoms. The van der Waals surface area contributed by atoms with Crippen LogP contribution in [0.4, 0.5) is 5.82 Å². The third-order valence-electron chi connectivity index (χ3n) is 4.32. The van der Waals surface area contributed by atoms with E-state index in [0.717, 1.165) is 44.9 Å². The molecule has 4 aromatic rings. The lowest BCUT2D eigenvalue weighted by Crippen LogP contribution is -2.14. The highest BCUT2D eigenvalue weighted by molar-refractivity contribution is 9.10. The third-order valence-corrected chi connectivity index (χ3v) is 4.87. The van der Waals surface area contributed by atoms with Gasteiger partial charge in [0.1, 0.15) is 22.6 Å². The molecule has 3 heterocycles. The molecule has 1 N–H and O–H groups in total. The molecule has 7 nitrogen and oxygen atoms in total. The van der Waals surface area contributed by atoms with E-state index in [2.05, 4.69) is 60.8 Å². The number of fused-ring (bicyclic) bond motifs is 2. The number of imidazole rings is 1. The Morgan fingerprint density at radius 1 is 1.24 bits per heavy atom. The van der Waals surface area contributed by atoms with E-state index in [1.54, 1.807) is 11.0 Å². The molecule has 8 heteroatoms. The van der Waals surface area contributed by atoms with Crippen molar-refractivity contribution in [1.82, 2.24) is 29.3 Å². The lowest BCUT2D eigenvalue weighted by molar-refractivity contribution is 0.673. The molecular weight excluding hydrogens is 382 g/mol. The highest BCUT2D eigenvalue weighted by atomic mass is 79.9. The molecule has 0 spiro atoms. The van der Waals surface area contributed by atoms with Gasteiger partial charge in [-0.05, 0) is 41.9 Å². The van der Waals surface area contributed by atoms with Crippen molar-refractivity contribution in [3.63, 3.8) is 0 Å². The van der Waals surface area contributed by atoms with Gasteiger partial charge in [-0.15, -0.1) is 0 Å². The van der Waals surface area contributed by atoms with Gasteiger partial charge in [0.15, 0.2) is 5.65 Å². The second kappa shape index (κ2) is 6.11. The molecule has 1 atom stereocenters. The highest BCUT2D eigenvalue weighted by Crippen LogP contribution is 2.30. The number of nitrogens with zero attached hydrogens (tertiary/aromatic N) is 6. The first-order valence-corrected chi connectivity index (χ1v) is 8.94. The molecule has 128 valence electrons. The minimum absolute atomic E-state index is 0.0162. The summed E-state index contributed by atoms with van der Waals surface area (Å²) in [4.78, 5) is 13.5. The molecule has 0 aliphatic rings. The Bertz CT molecular complexity index is 1070. The van der Waals surface area contributed by atoms with Gasteiger partial charge in [-0.2, -0.15) is 5.10 Å². The number of para-hydroxylation sites is 2. The summed E-state index contributed by atoms with van der Waals surface area (Å²) in [5.41, 5.74) is 2.92.